The molecule has 0 N–H and O–H groups in total. The van der Waals surface area contributed by atoms with Crippen LogP contribution in [0.5, 0.6) is 0 Å². The van der Waals surface area contributed by atoms with Gasteiger partial charge in [0, 0.05) is 38.2 Å². The maximum Gasteiger partial charge on any atom is 0.164 e. The summed E-state index contributed by atoms with van der Waals surface area (Å²) in [7, 11) is 0. The van der Waals surface area contributed by atoms with Gasteiger partial charge in [-0.1, -0.05) is 164 Å². The molecule has 0 bridgehead atoms. The Balaban J connectivity index is 1.20. The maximum absolute atomic E-state index is 6.97. The zero-order valence-corrected chi connectivity index (χ0v) is 30.2. The predicted octanol–water partition coefficient (Wildman–Crippen LogP) is 13.2. The molecule has 0 amide bonds. The van der Waals surface area contributed by atoms with Crippen LogP contribution in [0.2, 0.25) is 0 Å². The summed E-state index contributed by atoms with van der Waals surface area (Å²) < 4.78 is 9.32. The highest BCUT2D eigenvalue weighted by Gasteiger charge is 2.23. The normalized spacial score (nSPS) is 11.6. The van der Waals surface area contributed by atoms with E-state index in [1.165, 1.54) is 21.9 Å². The molecular formula is C51H32N4O. The summed E-state index contributed by atoms with van der Waals surface area (Å²) in [5, 5.41) is 4.33. The second kappa shape index (κ2) is 13.0. The molecule has 262 valence electrons. The molecule has 0 aliphatic rings. The van der Waals surface area contributed by atoms with Gasteiger partial charge in [-0.25, -0.2) is 15.0 Å². The Kier molecular flexibility index (Phi) is 7.42. The molecule has 0 saturated carbocycles. The first-order chi connectivity index (χ1) is 27.8. The van der Waals surface area contributed by atoms with Crippen molar-refractivity contribution in [1.82, 2.24) is 19.5 Å². The van der Waals surface area contributed by atoms with E-state index in [-0.39, 0.29) is 0 Å². The second-order valence-electron chi connectivity index (χ2n) is 14.0. The molecule has 8 aromatic carbocycles. The molecule has 0 atom stereocenters. The summed E-state index contributed by atoms with van der Waals surface area (Å²) in [4.78, 5) is 15.2. The number of rotatable bonds is 6. The molecule has 0 radical (unpaired) electrons. The van der Waals surface area contributed by atoms with E-state index in [4.69, 9.17) is 19.4 Å². The van der Waals surface area contributed by atoms with Crippen molar-refractivity contribution < 1.29 is 4.42 Å². The van der Waals surface area contributed by atoms with Crippen LogP contribution >= 0.6 is 0 Å². The summed E-state index contributed by atoms with van der Waals surface area (Å²) in [5.74, 6) is 1.82. The number of benzene rings is 8. The Morgan fingerprint density at radius 3 is 1.43 bits per heavy atom. The highest BCUT2D eigenvalue weighted by Crippen LogP contribution is 2.43. The fourth-order valence-corrected chi connectivity index (χ4v) is 8.03. The van der Waals surface area contributed by atoms with Gasteiger partial charge in [-0.2, -0.15) is 0 Å². The van der Waals surface area contributed by atoms with Crippen LogP contribution in [-0.4, -0.2) is 19.5 Å². The van der Waals surface area contributed by atoms with E-state index in [2.05, 4.69) is 126 Å². The molecule has 5 nitrogen and oxygen atoms in total. The third-order valence-electron chi connectivity index (χ3n) is 10.7. The Bertz CT molecular complexity index is 3110. The molecule has 0 saturated heterocycles. The minimum absolute atomic E-state index is 0.585. The zero-order valence-electron chi connectivity index (χ0n) is 30.2. The molecule has 0 unspecified atom stereocenters. The topological polar surface area (TPSA) is 56.7 Å². The fraction of sp³-hybridized carbons (Fsp3) is 0. The van der Waals surface area contributed by atoms with E-state index in [1.807, 2.05) is 72.8 Å². The fourth-order valence-electron chi connectivity index (χ4n) is 8.03. The van der Waals surface area contributed by atoms with Crippen LogP contribution in [0.3, 0.4) is 0 Å². The third kappa shape index (κ3) is 5.29. The van der Waals surface area contributed by atoms with E-state index in [0.717, 1.165) is 66.5 Å². The van der Waals surface area contributed by atoms with Gasteiger partial charge < -0.3 is 8.98 Å². The smallest absolute Gasteiger partial charge is 0.164 e. The lowest BCUT2D eigenvalue weighted by molar-refractivity contribution is 0.666. The Hall–Kier alpha value is -7.63. The Morgan fingerprint density at radius 2 is 0.839 bits per heavy atom. The largest absolute Gasteiger partial charge is 0.454 e. The minimum atomic E-state index is 0.585. The lowest BCUT2D eigenvalue weighted by Crippen LogP contribution is -2.00. The van der Waals surface area contributed by atoms with E-state index in [9.17, 15) is 0 Å². The summed E-state index contributed by atoms with van der Waals surface area (Å²) in [6.45, 7) is 0. The van der Waals surface area contributed by atoms with Crippen molar-refractivity contribution in [2.24, 2.45) is 0 Å². The van der Waals surface area contributed by atoms with Crippen molar-refractivity contribution in [2.45, 2.75) is 0 Å². The molecule has 11 aromatic rings. The standard InChI is InChI=1S/C51H32N4O/c1-4-15-33(16-5-1)34-27-29-35(30-28-34)38-31-42-47-41(51-53-49(36-17-6-2-7-18-36)52-50(54-51)37-19-8-3-9-20-37)23-14-26-46(47)56-48(42)45(32-38)55-43-24-12-10-21-39(43)40-22-11-13-25-44(40)55/h1-32H. The van der Waals surface area contributed by atoms with E-state index in [0.29, 0.717) is 17.5 Å². The lowest BCUT2D eigenvalue weighted by atomic mass is 9.97. The number of hydrogen-bond acceptors (Lipinski definition) is 4. The highest BCUT2D eigenvalue weighted by atomic mass is 16.3. The van der Waals surface area contributed by atoms with Gasteiger partial charge in [-0.15, -0.1) is 0 Å². The van der Waals surface area contributed by atoms with Crippen molar-refractivity contribution in [2.75, 3.05) is 0 Å². The van der Waals surface area contributed by atoms with Crippen LogP contribution in [0.4, 0.5) is 0 Å². The van der Waals surface area contributed by atoms with Crippen molar-refractivity contribution in [3.05, 3.63) is 194 Å². The first-order valence-electron chi connectivity index (χ1n) is 18.8. The van der Waals surface area contributed by atoms with Crippen molar-refractivity contribution in [3.8, 4) is 62.1 Å². The van der Waals surface area contributed by atoms with Gasteiger partial charge in [0.25, 0.3) is 0 Å². The van der Waals surface area contributed by atoms with Crippen LogP contribution in [0, 0.1) is 0 Å². The lowest BCUT2D eigenvalue weighted by Gasteiger charge is -2.13. The van der Waals surface area contributed by atoms with Crippen LogP contribution in [0.1, 0.15) is 0 Å². The molecular weight excluding hydrogens is 685 g/mol. The van der Waals surface area contributed by atoms with Gasteiger partial charge in [0.05, 0.1) is 16.7 Å². The summed E-state index contributed by atoms with van der Waals surface area (Å²) in [5.41, 5.74) is 12.0. The van der Waals surface area contributed by atoms with E-state index < -0.39 is 0 Å². The molecule has 0 fully saturated rings. The van der Waals surface area contributed by atoms with Gasteiger partial charge in [0.15, 0.2) is 23.1 Å². The number of furan rings is 1. The van der Waals surface area contributed by atoms with Crippen molar-refractivity contribution >= 4 is 43.7 Å². The summed E-state index contributed by atoms with van der Waals surface area (Å²) in [6, 6.07) is 67.4. The quantitative estimate of drug-likeness (QED) is 0.172. The number of nitrogens with zero attached hydrogens (tertiary/aromatic N) is 4. The average Bonchev–Trinajstić information content (AvgIpc) is 3.83. The van der Waals surface area contributed by atoms with Gasteiger partial charge in [-0.05, 0) is 52.6 Å². The number of fused-ring (bicyclic) bond motifs is 6. The average molecular weight is 717 g/mol. The first kappa shape index (κ1) is 31.9. The second-order valence-corrected chi connectivity index (χ2v) is 14.0. The van der Waals surface area contributed by atoms with E-state index in [1.54, 1.807) is 0 Å². The minimum Gasteiger partial charge on any atom is -0.454 e. The number of hydrogen-bond donors (Lipinski definition) is 0. The van der Waals surface area contributed by atoms with Crippen LogP contribution < -0.4 is 0 Å². The van der Waals surface area contributed by atoms with Crippen LogP contribution in [-0.2, 0) is 0 Å². The Labute approximate surface area is 322 Å². The monoisotopic (exact) mass is 716 g/mol. The van der Waals surface area contributed by atoms with Gasteiger partial charge in [0.2, 0.25) is 0 Å². The predicted molar refractivity (Wildman–Crippen MR) is 229 cm³/mol. The highest BCUT2D eigenvalue weighted by molar-refractivity contribution is 6.16. The van der Waals surface area contributed by atoms with Crippen molar-refractivity contribution in [3.63, 3.8) is 0 Å². The molecule has 56 heavy (non-hydrogen) atoms. The van der Waals surface area contributed by atoms with Gasteiger partial charge >= 0.3 is 0 Å². The molecule has 3 heterocycles. The number of aromatic nitrogens is 4. The number of para-hydroxylation sites is 2. The molecule has 3 aromatic heterocycles. The maximum atomic E-state index is 6.97. The Morgan fingerprint density at radius 1 is 0.357 bits per heavy atom. The SMILES string of the molecule is c1ccc(-c2ccc(-c3cc(-n4c5ccccc5c5ccccc54)c4oc5cccc(-c6nc(-c7ccccc7)nc(-c7ccccc7)n6)c5c4c3)cc2)cc1. The van der Waals surface area contributed by atoms with Crippen LogP contribution in [0.25, 0.3) is 106 Å². The molecule has 0 aliphatic carbocycles. The summed E-state index contributed by atoms with van der Waals surface area (Å²) in [6.07, 6.45) is 0. The molecule has 11 rings (SSSR count). The third-order valence-corrected chi connectivity index (χ3v) is 10.7. The zero-order chi connectivity index (χ0) is 37.0. The molecule has 5 heteroatoms. The first-order valence-corrected chi connectivity index (χ1v) is 18.8. The molecule has 0 spiro atoms. The molecule has 0 aliphatic heterocycles. The van der Waals surface area contributed by atoms with Gasteiger partial charge in [-0.3, -0.25) is 0 Å². The van der Waals surface area contributed by atoms with Crippen molar-refractivity contribution in [1.29, 1.82) is 0 Å². The van der Waals surface area contributed by atoms with Gasteiger partial charge in [0.1, 0.15) is 5.58 Å². The van der Waals surface area contributed by atoms with E-state index >= 15 is 0 Å². The van der Waals surface area contributed by atoms with Crippen LogP contribution in [0.15, 0.2) is 199 Å². The summed E-state index contributed by atoms with van der Waals surface area (Å²) >= 11 is 0.